The van der Waals surface area contributed by atoms with Crippen molar-refractivity contribution in [1.29, 1.82) is 0 Å². The van der Waals surface area contributed by atoms with Crippen LogP contribution in [-0.4, -0.2) is 44.1 Å². The van der Waals surface area contributed by atoms with Crippen molar-refractivity contribution in [1.82, 2.24) is 0 Å². The van der Waals surface area contributed by atoms with E-state index >= 15 is 0 Å². The topological polar surface area (TPSA) is 6.25 Å². The Labute approximate surface area is 160 Å². The van der Waals surface area contributed by atoms with Gasteiger partial charge in [-0.2, -0.15) is 0 Å². The van der Waals surface area contributed by atoms with E-state index in [1.807, 2.05) is 46.2 Å². The second kappa shape index (κ2) is 7.52. The molecule has 0 aliphatic carbocycles. The number of allylic oxidation sites excluding steroid dienone is 1. The molecule has 0 saturated heterocycles. The van der Waals surface area contributed by atoms with Crippen molar-refractivity contribution in [2.24, 2.45) is 0 Å². The van der Waals surface area contributed by atoms with Crippen molar-refractivity contribution in [2.75, 3.05) is 39.3 Å². The molecule has 0 fully saturated rings. The van der Waals surface area contributed by atoms with Gasteiger partial charge in [-0.25, -0.2) is 4.58 Å². The van der Waals surface area contributed by atoms with Crippen LogP contribution in [0.4, 0.5) is 5.00 Å². The van der Waals surface area contributed by atoms with E-state index in [9.17, 15) is 0 Å². The zero-order valence-corrected chi connectivity index (χ0v) is 17.8. The number of hydrogen-bond donors (Lipinski definition) is 0. The van der Waals surface area contributed by atoms with Gasteiger partial charge >= 0.3 is 0 Å². The zero-order valence-electron chi connectivity index (χ0n) is 14.5. The van der Waals surface area contributed by atoms with Gasteiger partial charge in [-0.05, 0) is 48.4 Å². The summed E-state index contributed by atoms with van der Waals surface area (Å²) in [5.41, 5.74) is 1.36. The molecule has 24 heavy (non-hydrogen) atoms. The summed E-state index contributed by atoms with van der Waals surface area (Å²) >= 11 is 7.40. The summed E-state index contributed by atoms with van der Waals surface area (Å²) in [6, 6.07) is 8.95. The minimum Gasteiger partial charge on any atom is -0.370 e. The van der Waals surface area contributed by atoms with E-state index in [-0.39, 0.29) is 0 Å². The fourth-order valence-corrected chi connectivity index (χ4v) is 6.15. The van der Waals surface area contributed by atoms with Crippen LogP contribution in [-0.2, 0) is 0 Å². The van der Waals surface area contributed by atoms with E-state index in [0.717, 1.165) is 0 Å². The Kier molecular flexibility index (Phi) is 5.59. The third kappa shape index (κ3) is 3.67. The van der Waals surface area contributed by atoms with Gasteiger partial charge in [0.1, 0.15) is 14.1 Å². The maximum atomic E-state index is 2.26. The van der Waals surface area contributed by atoms with Gasteiger partial charge in [0.15, 0.2) is 0 Å². The molecule has 1 aliphatic rings. The van der Waals surface area contributed by atoms with Gasteiger partial charge in [0.25, 0.3) is 0 Å². The average Bonchev–Trinajstić information content (AvgIpc) is 3.28. The predicted molar refractivity (Wildman–Crippen MR) is 115 cm³/mol. The molecule has 0 spiro atoms. The molecule has 3 heterocycles. The third-order valence-corrected chi connectivity index (χ3v) is 8.31. The van der Waals surface area contributed by atoms with Crippen LogP contribution in [0, 0.1) is 0 Å². The van der Waals surface area contributed by atoms with Gasteiger partial charge in [0.2, 0.25) is 5.04 Å². The quantitative estimate of drug-likeness (QED) is 0.512. The van der Waals surface area contributed by atoms with Crippen LogP contribution in [0.5, 0.6) is 0 Å². The van der Waals surface area contributed by atoms with Gasteiger partial charge in [0, 0.05) is 40.4 Å². The van der Waals surface area contributed by atoms with E-state index in [2.05, 4.69) is 80.3 Å². The lowest BCUT2D eigenvalue weighted by atomic mass is 10.1. The first-order valence-electron chi connectivity index (χ1n) is 7.56. The van der Waals surface area contributed by atoms with Gasteiger partial charge in [-0.1, -0.05) is 0 Å². The molecule has 3 rings (SSSR count). The van der Waals surface area contributed by atoms with Crippen LogP contribution < -0.4 is 4.90 Å². The third-order valence-electron chi connectivity index (χ3n) is 3.59. The van der Waals surface area contributed by atoms with Crippen molar-refractivity contribution in [3.05, 3.63) is 51.1 Å². The first-order chi connectivity index (χ1) is 11.5. The number of thiophene rings is 2. The van der Waals surface area contributed by atoms with E-state index in [1.165, 1.54) is 34.5 Å². The molecule has 2 aromatic rings. The highest BCUT2D eigenvalue weighted by atomic mass is 32.2. The highest BCUT2D eigenvalue weighted by Gasteiger charge is 2.22. The Hall–Kier alpha value is -0.950. The van der Waals surface area contributed by atoms with Crippen molar-refractivity contribution < 1.29 is 4.58 Å². The van der Waals surface area contributed by atoms with Crippen molar-refractivity contribution in [2.45, 2.75) is 4.21 Å². The van der Waals surface area contributed by atoms with Crippen LogP contribution in [0.1, 0.15) is 9.75 Å². The maximum absolute atomic E-state index is 2.26. The monoisotopic (exact) mass is 393 g/mol. The minimum absolute atomic E-state index is 1.29. The summed E-state index contributed by atoms with van der Waals surface area (Å²) in [6.07, 6.45) is 6.60. The number of rotatable bonds is 4. The van der Waals surface area contributed by atoms with E-state index in [1.54, 1.807) is 0 Å². The first-order valence-corrected chi connectivity index (χ1v) is 11.2. The lowest BCUT2D eigenvalue weighted by Crippen LogP contribution is -2.05. The van der Waals surface area contributed by atoms with Crippen molar-refractivity contribution in [3.8, 4) is 0 Å². The second-order valence-corrected chi connectivity index (χ2v) is 10.1. The molecular weight excluding hydrogens is 372 g/mol. The minimum atomic E-state index is 1.29. The van der Waals surface area contributed by atoms with Crippen LogP contribution in [0.15, 0.2) is 45.5 Å². The summed E-state index contributed by atoms with van der Waals surface area (Å²) in [4.78, 5) is 6.19. The molecule has 2 nitrogen and oxygen atoms in total. The molecule has 1 aliphatic heterocycles. The number of thioether (sulfide) groups is 2. The molecule has 0 amide bonds. The molecule has 0 bridgehead atoms. The van der Waals surface area contributed by atoms with Gasteiger partial charge in [-0.15, -0.1) is 34.4 Å². The summed E-state index contributed by atoms with van der Waals surface area (Å²) in [7, 11) is 8.40. The Morgan fingerprint density at radius 1 is 1.00 bits per heavy atom. The molecule has 2 aromatic heterocycles. The molecule has 0 N–H and O–H groups in total. The predicted octanol–water partition coefficient (Wildman–Crippen LogP) is 5.33. The molecule has 0 atom stereocenters. The Morgan fingerprint density at radius 3 is 2.25 bits per heavy atom. The first kappa shape index (κ1) is 17.9. The smallest absolute Gasteiger partial charge is 0.239 e. The van der Waals surface area contributed by atoms with Crippen LogP contribution in [0.3, 0.4) is 0 Å². The zero-order chi connectivity index (χ0) is 17.3. The van der Waals surface area contributed by atoms with Crippen LogP contribution in [0.25, 0.3) is 5.57 Å². The van der Waals surface area contributed by atoms with Crippen molar-refractivity contribution in [3.63, 3.8) is 0 Å². The lowest BCUT2D eigenvalue weighted by Gasteiger charge is -2.09. The Bertz CT molecular complexity index is 833. The fourth-order valence-electron chi connectivity index (χ4n) is 2.33. The maximum Gasteiger partial charge on any atom is 0.239 e. The van der Waals surface area contributed by atoms with Gasteiger partial charge in [-0.3, -0.25) is 0 Å². The van der Waals surface area contributed by atoms with Crippen LogP contribution >= 0.6 is 46.2 Å². The Balaban J connectivity index is 2.11. The second-order valence-electron chi connectivity index (χ2n) is 5.76. The van der Waals surface area contributed by atoms with Gasteiger partial charge in [0.05, 0.1) is 9.21 Å². The number of nitrogens with zero attached hydrogens (tertiary/aromatic N) is 2. The number of anilines is 1. The average molecular weight is 394 g/mol. The highest BCUT2D eigenvalue weighted by molar-refractivity contribution is 8.18. The normalized spacial score (nSPS) is 16.0. The standard InChI is InChI=1S/C18H21N2S4/c1-19(2)15-9-6-12(22-15)18(14-8-11-17(21-5)24-14)13-7-10-16(23-13)20(3)4/h6-11H,1-5H3/q+1. The van der Waals surface area contributed by atoms with Crippen molar-refractivity contribution >= 4 is 61.8 Å². The Morgan fingerprint density at radius 2 is 1.71 bits per heavy atom. The highest BCUT2D eigenvalue weighted by Crippen LogP contribution is 2.44. The largest absolute Gasteiger partial charge is 0.370 e. The summed E-state index contributed by atoms with van der Waals surface area (Å²) < 4.78 is 3.53. The fraction of sp³-hybridized carbons (Fsp3) is 0.278. The molecule has 6 heteroatoms. The summed E-state index contributed by atoms with van der Waals surface area (Å²) in [6.45, 7) is 0. The van der Waals surface area contributed by atoms with E-state index in [0.29, 0.717) is 0 Å². The molecular formula is C18H21N2S4+. The summed E-state index contributed by atoms with van der Waals surface area (Å²) in [5, 5.41) is 2.57. The molecule has 0 aromatic carbocycles. The van der Waals surface area contributed by atoms with Crippen LogP contribution in [0.2, 0.25) is 0 Å². The van der Waals surface area contributed by atoms with Gasteiger partial charge < -0.3 is 4.90 Å². The summed E-state index contributed by atoms with van der Waals surface area (Å²) in [5.74, 6) is 0. The molecule has 126 valence electrons. The SMILES string of the molecule is CSc1ccc(/C(=C2\C=CC(=[N+](C)C)S2)c2ccc(N(C)C)s2)s1. The van der Waals surface area contributed by atoms with E-state index < -0.39 is 0 Å². The molecule has 0 unspecified atom stereocenters. The van der Waals surface area contributed by atoms with E-state index in [4.69, 9.17) is 0 Å². The number of hydrogen-bond acceptors (Lipinski definition) is 5. The lowest BCUT2D eigenvalue weighted by molar-refractivity contribution is -0.460. The molecule has 0 radical (unpaired) electrons. The molecule has 0 saturated carbocycles.